The fourth-order valence-electron chi connectivity index (χ4n) is 4.68. The van der Waals surface area contributed by atoms with Gasteiger partial charge in [0.1, 0.15) is 24.2 Å². The van der Waals surface area contributed by atoms with E-state index in [2.05, 4.69) is 25.9 Å². The van der Waals surface area contributed by atoms with Crippen LogP contribution < -0.4 is 21.7 Å². The molecule has 4 rings (SSSR count). The third-order valence-corrected chi connectivity index (χ3v) is 7.08. The second kappa shape index (κ2) is 13.3. The van der Waals surface area contributed by atoms with E-state index in [1.165, 1.54) is 6.92 Å². The molecule has 0 radical (unpaired) electrons. The summed E-state index contributed by atoms with van der Waals surface area (Å²) >= 11 is 0. The number of aliphatic carboxylic acids is 1. The monoisotopic (exact) mass is 578 g/mol. The van der Waals surface area contributed by atoms with Gasteiger partial charge in [-0.05, 0) is 30.2 Å². The molecule has 0 spiro atoms. The molecule has 0 saturated heterocycles. The smallest absolute Gasteiger partial charge is 0.326 e. The van der Waals surface area contributed by atoms with Crippen molar-refractivity contribution >= 4 is 45.5 Å². The van der Waals surface area contributed by atoms with Gasteiger partial charge < -0.3 is 47.0 Å². The summed E-state index contributed by atoms with van der Waals surface area (Å²) in [5.74, 6) is -3.83. The minimum atomic E-state index is -1.52. The highest BCUT2D eigenvalue weighted by molar-refractivity contribution is 5.95. The highest BCUT2D eigenvalue weighted by Gasteiger charge is 2.31. The van der Waals surface area contributed by atoms with Crippen molar-refractivity contribution in [1.82, 2.24) is 25.9 Å². The Bertz CT molecular complexity index is 1580. The maximum atomic E-state index is 13.4. The van der Waals surface area contributed by atoms with Crippen molar-refractivity contribution in [3.05, 3.63) is 72.1 Å². The highest BCUT2D eigenvalue weighted by Crippen LogP contribution is 2.20. The first-order chi connectivity index (χ1) is 20.1. The lowest BCUT2D eigenvalue weighted by atomic mass is 10.0. The van der Waals surface area contributed by atoms with Crippen LogP contribution in [0.1, 0.15) is 18.1 Å². The van der Waals surface area contributed by atoms with Crippen molar-refractivity contribution in [1.29, 1.82) is 0 Å². The van der Waals surface area contributed by atoms with E-state index in [1.807, 2.05) is 48.5 Å². The number of aliphatic hydroxyl groups excluding tert-OH is 2. The average Bonchev–Trinajstić information content (AvgIpc) is 3.58. The molecule has 10 N–H and O–H groups in total. The van der Waals surface area contributed by atoms with Crippen molar-refractivity contribution in [2.24, 2.45) is 5.73 Å². The molecule has 2 aromatic heterocycles. The van der Waals surface area contributed by atoms with Gasteiger partial charge in [0.25, 0.3) is 0 Å². The molecule has 5 atom stereocenters. The van der Waals surface area contributed by atoms with Gasteiger partial charge in [-0.2, -0.15) is 0 Å². The van der Waals surface area contributed by atoms with E-state index in [-0.39, 0.29) is 12.8 Å². The Morgan fingerprint density at radius 1 is 0.762 bits per heavy atom. The number of H-pyrrole nitrogens is 2. The average molecular weight is 579 g/mol. The van der Waals surface area contributed by atoms with Gasteiger partial charge >= 0.3 is 5.97 Å². The molecule has 3 amide bonds. The fraction of sp³-hybridized carbons (Fsp3) is 0.310. The standard InChI is InChI=1S/C29H34N6O7/c1-15(37)25(30)28(40)33-22(10-16-12-31-20-8-4-2-6-18(16)20)26(38)35-24(14-36)27(39)34-23(29(41)42)11-17-13-32-21-9-5-3-7-19(17)21/h2-9,12-13,15,22-25,31-32,36-37H,10-11,14,30H2,1H3,(H,33,40)(H,34,39)(H,35,38)(H,41,42). The lowest BCUT2D eigenvalue weighted by Gasteiger charge is -2.25. The summed E-state index contributed by atoms with van der Waals surface area (Å²) in [5.41, 5.74) is 8.73. The summed E-state index contributed by atoms with van der Waals surface area (Å²) in [6, 6.07) is 9.20. The zero-order chi connectivity index (χ0) is 30.4. The van der Waals surface area contributed by atoms with Crippen LogP contribution in [-0.4, -0.2) is 85.9 Å². The first-order valence-electron chi connectivity index (χ1n) is 13.4. The molecule has 0 bridgehead atoms. The van der Waals surface area contributed by atoms with Crippen LogP contribution in [0, 0.1) is 0 Å². The number of carbonyl (C=O) groups is 4. The van der Waals surface area contributed by atoms with Crippen LogP contribution in [-0.2, 0) is 32.0 Å². The second-order valence-electron chi connectivity index (χ2n) is 10.1. The molecule has 0 fully saturated rings. The van der Waals surface area contributed by atoms with Crippen molar-refractivity contribution < 1.29 is 34.5 Å². The van der Waals surface area contributed by atoms with Crippen molar-refractivity contribution in [2.75, 3.05) is 6.61 Å². The van der Waals surface area contributed by atoms with Gasteiger partial charge in [-0.15, -0.1) is 0 Å². The Balaban J connectivity index is 1.49. The number of carboxylic acid groups (broad SMARTS) is 1. The Morgan fingerprint density at radius 3 is 1.71 bits per heavy atom. The number of hydrogen-bond acceptors (Lipinski definition) is 7. The van der Waals surface area contributed by atoms with Crippen molar-refractivity contribution in [3.8, 4) is 0 Å². The molecular weight excluding hydrogens is 544 g/mol. The number of benzene rings is 2. The van der Waals surface area contributed by atoms with Crippen LogP contribution in [0.2, 0.25) is 0 Å². The van der Waals surface area contributed by atoms with Gasteiger partial charge in [0, 0.05) is 47.0 Å². The zero-order valence-electron chi connectivity index (χ0n) is 22.8. The summed E-state index contributed by atoms with van der Waals surface area (Å²) < 4.78 is 0. The van der Waals surface area contributed by atoms with Crippen LogP contribution in [0.25, 0.3) is 21.8 Å². The molecule has 42 heavy (non-hydrogen) atoms. The van der Waals surface area contributed by atoms with Gasteiger partial charge in [0.05, 0.1) is 12.7 Å². The first kappa shape index (κ1) is 30.2. The van der Waals surface area contributed by atoms with Gasteiger partial charge in [0.2, 0.25) is 17.7 Å². The van der Waals surface area contributed by atoms with Crippen molar-refractivity contribution in [2.45, 2.75) is 50.0 Å². The van der Waals surface area contributed by atoms with Crippen LogP contribution in [0.4, 0.5) is 0 Å². The quantitative estimate of drug-likeness (QED) is 0.102. The summed E-state index contributed by atoms with van der Waals surface area (Å²) in [4.78, 5) is 57.2. The Labute approximate surface area is 240 Å². The van der Waals surface area contributed by atoms with E-state index >= 15 is 0 Å². The molecule has 4 aromatic rings. The number of hydrogen-bond donors (Lipinski definition) is 9. The number of carboxylic acids is 1. The normalized spacial score (nSPS) is 15.0. The summed E-state index contributed by atoms with van der Waals surface area (Å²) in [6.45, 7) is 0.498. The van der Waals surface area contributed by atoms with Crippen LogP contribution >= 0.6 is 0 Å². The Kier molecular flexibility index (Phi) is 9.57. The predicted molar refractivity (Wildman–Crippen MR) is 154 cm³/mol. The molecule has 2 heterocycles. The van der Waals surface area contributed by atoms with E-state index in [1.54, 1.807) is 12.4 Å². The largest absolute Gasteiger partial charge is 0.480 e. The SMILES string of the molecule is CC(O)C(N)C(=O)NC(Cc1c[nH]c2ccccc12)C(=O)NC(CO)C(=O)NC(Cc1c[nH]c2ccccc12)C(=O)O. The molecule has 222 valence electrons. The molecule has 2 aromatic carbocycles. The predicted octanol–water partition coefficient (Wildman–Crippen LogP) is -0.326. The Morgan fingerprint density at radius 2 is 1.21 bits per heavy atom. The minimum Gasteiger partial charge on any atom is -0.480 e. The molecular formula is C29H34N6O7. The molecule has 0 saturated carbocycles. The number of carbonyl (C=O) groups excluding carboxylic acids is 3. The molecule has 13 nitrogen and oxygen atoms in total. The van der Waals surface area contributed by atoms with Gasteiger partial charge in [-0.1, -0.05) is 36.4 Å². The molecule has 0 aliphatic carbocycles. The maximum Gasteiger partial charge on any atom is 0.326 e. The minimum absolute atomic E-state index is 0.00774. The summed E-state index contributed by atoms with van der Waals surface area (Å²) in [6.07, 6.45) is 2.10. The molecule has 13 heteroatoms. The third kappa shape index (κ3) is 6.94. The molecule has 5 unspecified atom stereocenters. The summed E-state index contributed by atoms with van der Waals surface area (Å²) in [5, 5.41) is 38.4. The zero-order valence-corrected chi connectivity index (χ0v) is 22.8. The van der Waals surface area contributed by atoms with E-state index in [9.17, 15) is 34.5 Å². The van der Waals surface area contributed by atoms with Crippen molar-refractivity contribution in [3.63, 3.8) is 0 Å². The van der Waals surface area contributed by atoms with Gasteiger partial charge in [-0.3, -0.25) is 14.4 Å². The highest BCUT2D eigenvalue weighted by atomic mass is 16.4. The second-order valence-corrected chi connectivity index (χ2v) is 10.1. The van der Waals surface area contributed by atoms with E-state index in [0.29, 0.717) is 11.1 Å². The number of aromatic amines is 2. The van der Waals surface area contributed by atoms with E-state index in [4.69, 9.17) is 5.73 Å². The van der Waals surface area contributed by atoms with E-state index < -0.39 is 60.6 Å². The van der Waals surface area contributed by atoms with E-state index in [0.717, 1.165) is 21.8 Å². The molecule has 0 aliphatic rings. The number of nitrogens with two attached hydrogens (primary N) is 1. The number of nitrogens with one attached hydrogen (secondary N) is 5. The number of fused-ring (bicyclic) bond motifs is 2. The number of para-hydroxylation sites is 2. The lowest BCUT2D eigenvalue weighted by Crippen LogP contribution is -2.59. The number of aromatic nitrogens is 2. The Hall–Kier alpha value is -4.72. The van der Waals surface area contributed by atoms with Gasteiger partial charge in [-0.25, -0.2) is 4.79 Å². The summed E-state index contributed by atoms with van der Waals surface area (Å²) in [7, 11) is 0. The number of aliphatic hydroxyl groups is 2. The number of amides is 3. The van der Waals surface area contributed by atoms with Crippen LogP contribution in [0.3, 0.4) is 0 Å². The van der Waals surface area contributed by atoms with Crippen LogP contribution in [0.5, 0.6) is 0 Å². The fourth-order valence-corrected chi connectivity index (χ4v) is 4.68. The lowest BCUT2D eigenvalue weighted by molar-refractivity contribution is -0.142. The first-order valence-corrected chi connectivity index (χ1v) is 13.4. The number of rotatable bonds is 13. The maximum absolute atomic E-state index is 13.4. The third-order valence-electron chi connectivity index (χ3n) is 7.08. The van der Waals surface area contributed by atoms with Gasteiger partial charge in [0.15, 0.2) is 0 Å². The topological polar surface area (TPSA) is 223 Å². The van der Waals surface area contributed by atoms with Crippen LogP contribution in [0.15, 0.2) is 60.9 Å². The molecule has 0 aliphatic heterocycles.